The molecule has 1 saturated heterocycles. The molecule has 0 spiro atoms. The molecule has 30 heavy (non-hydrogen) atoms. The summed E-state index contributed by atoms with van der Waals surface area (Å²) in [4.78, 5) is 15.7. The molecule has 2 aromatic carbocycles. The van der Waals surface area contributed by atoms with E-state index in [0.717, 1.165) is 0 Å². The molecule has 2 aliphatic rings. The first-order valence-corrected chi connectivity index (χ1v) is 9.91. The number of phenolic OH excluding ortho intramolecular Hbond substituents is 1. The molecule has 2 heterocycles. The van der Waals surface area contributed by atoms with E-state index in [9.17, 15) is 9.90 Å². The first-order valence-electron chi connectivity index (χ1n) is 9.91. The van der Waals surface area contributed by atoms with E-state index in [4.69, 9.17) is 4.74 Å². The van der Waals surface area contributed by atoms with Gasteiger partial charge >= 0.3 is 0 Å². The molecule has 2 aromatic rings. The van der Waals surface area contributed by atoms with Crippen LogP contribution in [-0.2, 0) is 11.3 Å². The zero-order valence-corrected chi connectivity index (χ0v) is 17.0. The first-order chi connectivity index (χ1) is 14.3. The predicted molar refractivity (Wildman–Crippen MR) is 109 cm³/mol. The third-order valence-electron chi connectivity index (χ3n) is 6.04. The SMILES string of the molecule is C=CC(=O)N1CCN2Cc3c(F)c(F)c(-c4c(C)cccc4O)c(C)c3OC[C@H]2C1. The molecule has 0 aliphatic carbocycles. The van der Waals surface area contributed by atoms with Crippen LogP contribution in [0.15, 0.2) is 30.9 Å². The highest BCUT2D eigenvalue weighted by Crippen LogP contribution is 2.43. The number of piperazine rings is 1. The minimum Gasteiger partial charge on any atom is -0.507 e. The van der Waals surface area contributed by atoms with E-state index in [0.29, 0.717) is 36.5 Å². The summed E-state index contributed by atoms with van der Waals surface area (Å²) in [5.74, 6) is -1.90. The standard InChI is InChI=1S/C23H24F2N2O3/c1-4-18(29)27-9-8-26-11-16-21(24)22(25)20(19-13(2)6-5-7-17(19)28)14(3)23(16)30-12-15(26)10-27/h4-7,15,28H,1,8-12H2,2-3H3/t15-/m1/s1. The summed E-state index contributed by atoms with van der Waals surface area (Å²) in [6, 6.07) is 4.72. The Labute approximate surface area is 174 Å². The van der Waals surface area contributed by atoms with Crippen LogP contribution in [0.1, 0.15) is 16.7 Å². The Morgan fingerprint density at radius 1 is 1.23 bits per heavy atom. The van der Waals surface area contributed by atoms with Crippen molar-refractivity contribution in [3.8, 4) is 22.6 Å². The van der Waals surface area contributed by atoms with Crippen LogP contribution in [0.3, 0.4) is 0 Å². The summed E-state index contributed by atoms with van der Waals surface area (Å²) in [6.07, 6.45) is 1.28. The largest absolute Gasteiger partial charge is 0.507 e. The second kappa shape index (κ2) is 7.72. The smallest absolute Gasteiger partial charge is 0.246 e. The van der Waals surface area contributed by atoms with Gasteiger partial charge in [0, 0.05) is 48.4 Å². The number of rotatable bonds is 2. The Morgan fingerprint density at radius 2 is 2.00 bits per heavy atom. The molecule has 0 aromatic heterocycles. The van der Waals surface area contributed by atoms with Gasteiger partial charge in [0.05, 0.1) is 6.04 Å². The zero-order valence-electron chi connectivity index (χ0n) is 17.0. The van der Waals surface area contributed by atoms with Gasteiger partial charge in [0.25, 0.3) is 0 Å². The normalized spacial score (nSPS) is 18.8. The number of amides is 1. The van der Waals surface area contributed by atoms with Crippen LogP contribution in [0.4, 0.5) is 8.78 Å². The summed E-state index contributed by atoms with van der Waals surface area (Å²) in [6.45, 7) is 8.86. The van der Waals surface area contributed by atoms with Gasteiger partial charge in [-0.2, -0.15) is 0 Å². The summed E-state index contributed by atoms with van der Waals surface area (Å²) >= 11 is 0. The number of hydrogen-bond donors (Lipinski definition) is 1. The quantitative estimate of drug-likeness (QED) is 0.764. The van der Waals surface area contributed by atoms with Crippen LogP contribution in [0.5, 0.6) is 11.5 Å². The van der Waals surface area contributed by atoms with Crippen molar-refractivity contribution < 1.29 is 23.4 Å². The monoisotopic (exact) mass is 414 g/mol. The van der Waals surface area contributed by atoms with Crippen molar-refractivity contribution in [3.63, 3.8) is 0 Å². The van der Waals surface area contributed by atoms with Crippen LogP contribution in [0, 0.1) is 25.5 Å². The molecule has 0 saturated carbocycles. The molecule has 7 heteroatoms. The Hall–Kier alpha value is -2.93. The Kier molecular flexibility index (Phi) is 5.24. The Balaban J connectivity index is 1.77. The maximum absolute atomic E-state index is 15.2. The molecule has 1 N–H and O–H groups in total. The first kappa shape index (κ1) is 20.3. The highest BCUT2D eigenvalue weighted by atomic mass is 19.2. The molecular formula is C23H24F2N2O3. The highest BCUT2D eigenvalue weighted by Gasteiger charge is 2.35. The van der Waals surface area contributed by atoms with E-state index < -0.39 is 11.6 Å². The fraction of sp³-hybridized carbons (Fsp3) is 0.348. The molecule has 0 bridgehead atoms. The van der Waals surface area contributed by atoms with Crippen molar-refractivity contribution in [1.82, 2.24) is 9.80 Å². The van der Waals surface area contributed by atoms with E-state index in [1.807, 2.05) is 4.90 Å². The van der Waals surface area contributed by atoms with E-state index in [1.54, 1.807) is 30.9 Å². The lowest BCUT2D eigenvalue weighted by Crippen LogP contribution is -2.55. The third-order valence-corrected chi connectivity index (χ3v) is 6.04. The topological polar surface area (TPSA) is 53.0 Å². The molecule has 2 aliphatic heterocycles. The Bertz CT molecular complexity index is 1020. The van der Waals surface area contributed by atoms with Gasteiger partial charge in [0.2, 0.25) is 5.91 Å². The van der Waals surface area contributed by atoms with Crippen molar-refractivity contribution >= 4 is 5.91 Å². The van der Waals surface area contributed by atoms with Gasteiger partial charge in [-0.25, -0.2) is 8.78 Å². The van der Waals surface area contributed by atoms with Crippen molar-refractivity contribution in [2.24, 2.45) is 0 Å². The number of nitrogens with zero attached hydrogens (tertiary/aromatic N) is 2. The number of hydrogen-bond acceptors (Lipinski definition) is 4. The van der Waals surface area contributed by atoms with Crippen LogP contribution in [0.25, 0.3) is 11.1 Å². The predicted octanol–water partition coefficient (Wildman–Crippen LogP) is 3.55. The van der Waals surface area contributed by atoms with Crippen molar-refractivity contribution in [2.45, 2.75) is 26.4 Å². The third kappa shape index (κ3) is 3.23. The second-order valence-electron chi connectivity index (χ2n) is 7.83. The maximum atomic E-state index is 15.2. The van der Waals surface area contributed by atoms with Crippen molar-refractivity contribution in [1.29, 1.82) is 0 Å². The molecule has 1 fully saturated rings. The van der Waals surface area contributed by atoms with Gasteiger partial charge in [-0.15, -0.1) is 0 Å². The molecule has 0 unspecified atom stereocenters. The van der Waals surface area contributed by atoms with E-state index in [2.05, 4.69) is 6.58 Å². The van der Waals surface area contributed by atoms with E-state index >= 15 is 8.78 Å². The lowest BCUT2D eigenvalue weighted by atomic mass is 9.92. The molecule has 1 amide bonds. The van der Waals surface area contributed by atoms with Crippen LogP contribution in [-0.4, -0.2) is 53.1 Å². The number of carbonyl (C=O) groups is 1. The molecule has 0 radical (unpaired) electrons. The van der Waals surface area contributed by atoms with Gasteiger partial charge in [0.1, 0.15) is 18.1 Å². The van der Waals surface area contributed by atoms with Gasteiger partial charge < -0.3 is 14.7 Å². The molecule has 1 atom stereocenters. The fourth-order valence-corrected chi connectivity index (χ4v) is 4.43. The number of fused-ring (bicyclic) bond motifs is 2. The van der Waals surface area contributed by atoms with Crippen LogP contribution in [0.2, 0.25) is 0 Å². The summed E-state index contributed by atoms with van der Waals surface area (Å²) < 4.78 is 36.5. The average molecular weight is 414 g/mol. The van der Waals surface area contributed by atoms with Gasteiger partial charge in [-0.05, 0) is 31.6 Å². The minimum atomic E-state index is -0.988. The van der Waals surface area contributed by atoms with E-state index in [-0.39, 0.29) is 47.5 Å². The summed E-state index contributed by atoms with van der Waals surface area (Å²) in [5.41, 5.74) is 1.55. The number of phenols is 1. The van der Waals surface area contributed by atoms with Crippen LogP contribution < -0.4 is 4.74 Å². The van der Waals surface area contributed by atoms with E-state index in [1.165, 1.54) is 12.1 Å². The van der Waals surface area contributed by atoms with Gasteiger partial charge in [0.15, 0.2) is 11.6 Å². The molecular weight excluding hydrogens is 390 g/mol. The van der Waals surface area contributed by atoms with Gasteiger partial charge in [-0.3, -0.25) is 9.69 Å². The Morgan fingerprint density at radius 3 is 2.70 bits per heavy atom. The molecule has 5 nitrogen and oxygen atoms in total. The summed E-state index contributed by atoms with van der Waals surface area (Å²) in [7, 11) is 0. The average Bonchev–Trinajstić information content (AvgIpc) is 2.93. The highest BCUT2D eigenvalue weighted by molar-refractivity contribution is 5.87. The fourth-order valence-electron chi connectivity index (χ4n) is 4.43. The zero-order chi connectivity index (χ0) is 21.6. The second-order valence-corrected chi connectivity index (χ2v) is 7.83. The molecule has 158 valence electrons. The number of halogens is 2. The lowest BCUT2D eigenvalue weighted by molar-refractivity contribution is -0.129. The minimum absolute atomic E-state index is 0.0187. The number of benzene rings is 2. The van der Waals surface area contributed by atoms with Crippen molar-refractivity contribution in [3.05, 3.63) is 59.2 Å². The van der Waals surface area contributed by atoms with Crippen molar-refractivity contribution in [2.75, 3.05) is 26.2 Å². The van der Waals surface area contributed by atoms with Gasteiger partial charge in [-0.1, -0.05) is 18.7 Å². The number of aromatic hydroxyl groups is 1. The number of aryl methyl sites for hydroxylation is 1. The lowest BCUT2D eigenvalue weighted by Gasteiger charge is -2.39. The van der Waals surface area contributed by atoms with Crippen LogP contribution >= 0.6 is 0 Å². The number of carbonyl (C=O) groups excluding carboxylic acids is 1. The maximum Gasteiger partial charge on any atom is 0.246 e. The molecule has 4 rings (SSSR count). The summed E-state index contributed by atoms with van der Waals surface area (Å²) in [5, 5.41) is 10.3. The number of ether oxygens (including phenoxy) is 1.